The quantitative estimate of drug-likeness (QED) is 0.674. The molecule has 2 aliphatic rings. The van der Waals surface area contributed by atoms with Crippen molar-refractivity contribution in [3.8, 4) is 0 Å². The molecule has 72 valence electrons. The lowest BCUT2D eigenvalue weighted by molar-refractivity contribution is 0.0972. The zero-order valence-corrected chi connectivity index (χ0v) is 8.10. The van der Waals surface area contributed by atoms with E-state index in [1.165, 1.54) is 16.8 Å². The van der Waals surface area contributed by atoms with E-state index in [4.69, 9.17) is 0 Å². The summed E-state index contributed by atoms with van der Waals surface area (Å²) in [6, 6.07) is 4.28. The Labute approximate surface area is 83.3 Å². The SMILES string of the molecule is O=C1CCCc2cc3c(cc21)CCN3. The van der Waals surface area contributed by atoms with Crippen LogP contribution in [0.15, 0.2) is 12.1 Å². The first-order valence-electron chi connectivity index (χ1n) is 5.27. The molecule has 14 heavy (non-hydrogen) atoms. The van der Waals surface area contributed by atoms with E-state index in [2.05, 4.69) is 17.4 Å². The summed E-state index contributed by atoms with van der Waals surface area (Å²) < 4.78 is 0. The Morgan fingerprint density at radius 3 is 2.93 bits per heavy atom. The minimum atomic E-state index is 0.334. The molecule has 1 N–H and O–H groups in total. The van der Waals surface area contributed by atoms with Gasteiger partial charge >= 0.3 is 0 Å². The Balaban J connectivity index is 2.17. The minimum absolute atomic E-state index is 0.334. The average molecular weight is 187 g/mol. The number of aryl methyl sites for hydroxylation is 1. The highest BCUT2D eigenvalue weighted by Gasteiger charge is 2.20. The van der Waals surface area contributed by atoms with Gasteiger partial charge in [0.1, 0.15) is 0 Å². The fourth-order valence-electron chi connectivity index (χ4n) is 2.43. The van der Waals surface area contributed by atoms with E-state index in [1.54, 1.807) is 0 Å². The smallest absolute Gasteiger partial charge is 0.163 e. The maximum atomic E-state index is 11.7. The molecule has 0 spiro atoms. The number of hydrogen-bond donors (Lipinski definition) is 1. The first-order valence-corrected chi connectivity index (χ1v) is 5.27. The summed E-state index contributed by atoms with van der Waals surface area (Å²) in [6.07, 6.45) is 3.88. The van der Waals surface area contributed by atoms with E-state index in [-0.39, 0.29) is 0 Å². The minimum Gasteiger partial charge on any atom is -0.384 e. The summed E-state index contributed by atoms with van der Waals surface area (Å²) in [7, 11) is 0. The van der Waals surface area contributed by atoms with Crippen LogP contribution in [0.4, 0.5) is 5.69 Å². The van der Waals surface area contributed by atoms with Crippen LogP contribution >= 0.6 is 0 Å². The highest BCUT2D eigenvalue weighted by molar-refractivity contribution is 5.99. The van der Waals surface area contributed by atoms with Gasteiger partial charge in [-0.05, 0) is 42.5 Å². The highest BCUT2D eigenvalue weighted by Crippen LogP contribution is 2.30. The zero-order chi connectivity index (χ0) is 9.54. The molecule has 0 saturated carbocycles. The van der Waals surface area contributed by atoms with Crippen LogP contribution in [-0.4, -0.2) is 12.3 Å². The van der Waals surface area contributed by atoms with Crippen molar-refractivity contribution < 1.29 is 4.79 Å². The van der Waals surface area contributed by atoms with Gasteiger partial charge in [-0.2, -0.15) is 0 Å². The van der Waals surface area contributed by atoms with Gasteiger partial charge in [-0.3, -0.25) is 4.79 Å². The Kier molecular flexibility index (Phi) is 1.63. The van der Waals surface area contributed by atoms with Crippen LogP contribution in [0, 0.1) is 0 Å². The number of ketones is 1. The summed E-state index contributed by atoms with van der Waals surface area (Å²) in [4.78, 5) is 11.7. The van der Waals surface area contributed by atoms with E-state index in [0.717, 1.165) is 37.8 Å². The first-order chi connectivity index (χ1) is 6.84. The lowest BCUT2D eigenvalue weighted by Gasteiger charge is -2.16. The number of carbonyl (C=O) groups excluding carboxylic acids is 1. The van der Waals surface area contributed by atoms with Crippen molar-refractivity contribution in [3.05, 3.63) is 28.8 Å². The van der Waals surface area contributed by atoms with E-state index in [9.17, 15) is 4.79 Å². The molecule has 1 aliphatic heterocycles. The van der Waals surface area contributed by atoms with Crippen molar-refractivity contribution in [3.63, 3.8) is 0 Å². The molecular weight excluding hydrogens is 174 g/mol. The number of benzene rings is 1. The van der Waals surface area contributed by atoms with Crippen LogP contribution in [0.3, 0.4) is 0 Å². The Bertz CT molecular complexity index is 409. The van der Waals surface area contributed by atoms with E-state index < -0.39 is 0 Å². The standard InChI is InChI=1S/C12H13NO/c14-12-3-1-2-8-7-11-9(4-5-13-11)6-10(8)12/h6-7,13H,1-5H2. The van der Waals surface area contributed by atoms with Gasteiger partial charge in [0.15, 0.2) is 5.78 Å². The topological polar surface area (TPSA) is 29.1 Å². The van der Waals surface area contributed by atoms with E-state index in [0.29, 0.717) is 5.78 Å². The number of rotatable bonds is 0. The van der Waals surface area contributed by atoms with Gasteiger partial charge in [0.2, 0.25) is 0 Å². The molecule has 0 atom stereocenters. The van der Waals surface area contributed by atoms with Crippen molar-refractivity contribution in [2.45, 2.75) is 25.7 Å². The second-order valence-corrected chi connectivity index (χ2v) is 4.12. The van der Waals surface area contributed by atoms with Crippen LogP contribution in [0.1, 0.15) is 34.3 Å². The largest absolute Gasteiger partial charge is 0.384 e. The molecular formula is C12H13NO. The van der Waals surface area contributed by atoms with Crippen molar-refractivity contribution >= 4 is 11.5 Å². The molecule has 2 nitrogen and oxygen atoms in total. The van der Waals surface area contributed by atoms with Gasteiger partial charge in [0, 0.05) is 24.2 Å². The monoisotopic (exact) mass is 187 g/mol. The molecule has 0 bridgehead atoms. The first kappa shape index (κ1) is 8.04. The van der Waals surface area contributed by atoms with E-state index >= 15 is 0 Å². The zero-order valence-electron chi connectivity index (χ0n) is 8.10. The highest BCUT2D eigenvalue weighted by atomic mass is 16.1. The number of carbonyl (C=O) groups is 1. The third kappa shape index (κ3) is 1.07. The predicted octanol–water partition coefficient (Wildman–Crippen LogP) is 2.17. The molecule has 1 aliphatic carbocycles. The molecule has 0 amide bonds. The molecule has 0 unspecified atom stereocenters. The summed E-state index contributed by atoms with van der Waals surface area (Å²) in [6.45, 7) is 1.02. The fourth-order valence-corrected chi connectivity index (χ4v) is 2.43. The summed E-state index contributed by atoms with van der Waals surface area (Å²) in [5.74, 6) is 0.334. The second kappa shape index (κ2) is 2.84. The van der Waals surface area contributed by atoms with Crippen molar-refractivity contribution in [2.75, 3.05) is 11.9 Å². The average Bonchev–Trinajstić information content (AvgIpc) is 2.62. The van der Waals surface area contributed by atoms with Crippen LogP contribution in [0.2, 0.25) is 0 Å². The Hall–Kier alpha value is -1.31. The fraction of sp³-hybridized carbons (Fsp3) is 0.417. The van der Waals surface area contributed by atoms with Crippen LogP contribution in [0.25, 0.3) is 0 Å². The Morgan fingerprint density at radius 1 is 1.07 bits per heavy atom. The van der Waals surface area contributed by atoms with Gasteiger partial charge in [0.25, 0.3) is 0 Å². The summed E-state index contributed by atoms with van der Waals surface area (Å²) in [5.41, 5.74) is 4.80. The summed E-state index contributed by atoms with van der Waals surface area (Å²) in [5, 5.41) is 3.35. The molecule has 0 saturated heterocycles. The molecule has 0 radical (unpaired) electrons. The molecule has 0 fully saturated rings. The lowest BCUT2D eigenvalue weighted by Crippen LogP contribution is -2.11. The molecule has 1 aromatic rings. The maximum Gasteiger partial charge on any atom is 0.163 e. The van der Waals surface area contributed by atoms with E-state index in [1.807, 2.05) is 0 Å². The van der Waals surface area contributed by atoms with Gasteiger partial charge in [-0.25, -0.2) is 0 Å². The molecule has 2 heteroatoms. The molecule has 1 heterocycles. The van der Waals surface area contributed by atoms with Crippen molar-refractivity contribution in [1.29, 1.82) is 0 Å². The van der Waals surface area contributed by atoms with Gasteiger partial charge < -0.3 is 5.32 Å². The third-order valence-electron chi connectivity index (χ3n) is 3.19. The number of anilines is 1. The molecule has 0 aromatic heterocycles. The number of fused-ring (bicyclic) bond motifs is 2. The van der Waals surface area contributed by atoms with Gasteiger partial charge in [-0.1, -0.05) is 0 Å². The van der Waals surface area contributed by atoms with Crippen LogP contribution in [0.5, 0.6) is 0 Å². The molecule has 1 aromatic carbocycles. The van der Waals surface area contributed by atoms with Crippen LogP contribution in [-0.2, 0) is 12.8 Å². The number of hydrogen-bond acceptors (Lipinski definition) is 2. The van der Waals surface area contributed by atoms with Gasteiger partial charge in [-0.15, -0.1) is 0 Å². The normalized spacial score (nSPS) is 18.7. The lowest BCUT2D eigenvalue weighted by atomic mass is 9.89. The third-order valence-corrected chi connectivity index (χ3v) is 3.19. The maximum absolute atomic E-state index is 11.7. The predicted molar refractivity (Wildman–Crippen MR) is 55.9 cm³/mol. The summed E-state index contributed by atoms with van der Waals surface area (Å²) >= 11 is 0. The van der Waals surface area contributed by atoms with Crippen molar-refractivity contribution in [1.82, 2.24) is 0 Å². The van der Waals surface area contributed by atoms with Crippen molar-refractivity contribution in [2.24, 2.45) is 0 Å². The number of nitrogens with one attached hydrogen (secondary N) is 1. The number of Topliss-reactive ketones (excluding diaryl/α,β-unsaturated/α-hetero) is 1. The van der Waals surface area contributed by atoms with Crippen LogP contribution < -0.4 is 5.32 Å². The van der Waals surface area contributed by atoms with Gasteiger partial charge in [0.05, 0.1) is 0 Å². The second-order valence-electron chi connectivity index (χ2n) is 4.12. The Morgan fingerprint density at radius 2 is 2.00 bits per heavy atom. The molecule has 3 rings (SSSR count).